The van der Waals surface area contributed by atoms with Crippen LogP contribution in [0.4, 0.5) is 0 Å². The number of nitrogens with zero attached hydrogens (tertiary/aromatic N) is 2. The highest BCUT2D eigenvalue weighted by Gasteiger charge is 2.30. The number of hydrogen-bond acceptors (Lipinski definition) is 4. The molecule has 0 saturated heterocycles. The number of H-pyrrole nitrogens is 1. The molecule has 1 aromatic rings. The van der Waals surface area contributed by atoms with Crippen molar-refractivity contribution in [1.82, 2.24) is 20.7 Å². The molecule has 7 nitrogen and oxygen atoms in total. The predicted molar refractivity (Wildman–Crippen MR) is 52.6 cm³/mol. The van der Waals surface area contributed by atoms with E-state index in [0.29, 0.717) is 19.3 Å². The lowest BCUT2D eigenvalue weighted by Crippen LogP contribution is -2.33. The Hall–Kier alpha value is -1.92. The molecule has 1 aromatic heterocycles. The average molecular weight is 224 g/mol. The summed E-state index contributed by atoms with van der Waals surface area (Å²) in [7, 11) is 0. The molecule has 1 saturated carbocycles. The molecule has 2 atom stereocenters. The first kappa shape index (κ1) is 10.6. The van der Waals surface area contributed by atoms with E-state index in [1.165, 1.54) is 6.20 Å². The quantitative estimate of drug-likeness (QED) is 0.658. The second kappa shape index (κ2) is 4.30. The minimum absolute atomic E-state index is 0.0784. The molecule has 3 N–H and O–H groups in total. The molecule has 7 heteroatoms. The first-order chi connectivity index (χ1) is 7.66. The number of nitrogens with one attached hydrogen (secondary N) is 2. The van der Waals surface area contributed by atoms with E-state index in [1.54, 1.807) is 0 Å². The van der Waals surface area contributed by atoms with E-state index in [-0.39, 0.29) is 23.6 Å². The van der Waals surface area contributed by atoms with Gasteiger partial charge in [-0.1, -0.05) is 0 Å². The summed E-state index contributed by atoms with van der Waals surface area (Å²) in [6, 6.07) is -0.0784. The monoisotopic (exact) mass is 224 g/mol. The summed E-state index contributed by atoms with van der Waals surface area (Å²) in [5.41, 5.74) is 0.221. The molecule has 2 unspecified atom stereocenters. The average Bonchev–Trinajstić information content (AvgIpc) is 2.87. The van der Waals surface area contributed by atoms with Gasteiger partial charge < -0.3 is 10.4 Å². The number of carboxylic acid groups (broad SMARTS) is 1. The Balaban J connectivity index is 1.88. The van der Waals surface area contributed by atoms with Gasteiger partial charge in [-0.3, -0.25) is 9.59 Å². The lowest BCUT2D eigenvalue weighted by molar-refractivity contribution is -0.141. The Morgan fingerprint density at radius 3 is 2.88 bits per heavy atom. The number of aliphatic carboxylic acids is 1. The Morgan fingerprint density at radius 1 is 1.50 bits per heavy atom. The molecule has 2 rings (SSSR count). The normalized spacial score (nSPS) is 24.2. The molecule has 0 spiro atoms. The van der Waals surface area contributed by atoms with Crippen molar-refractivity contribution in [3.63, 3.8) is 0 Å². The number of aromatic amines is 1. The van der Waals surface area contributed by atoms with Crippen molar-refractivity contribution in [2.75, 3.05) is 0 Å². The van der Waals surface area contributed by atoms with Crippen molar-refractivity contribution in [3.8, 4) is 0 Å². The maximum Gasteiger partial charge on any atom is 0.306 e. The maximum atomic E-state index is 11.6. The summed E-state index contributed by atoms with van der Waals surface area (Å²) in [5.74, 6) is -1.45. The van der Waals surface area contributed by atoms with Gasteiger partial charge in [-0.15, -0.1) is 0 Å². The Kier molecular flexibility index (Phi) is 2.84. The van der Waals surface area contributed by atoms with Gasteiger partial charge in [-0.2, -0.15) is 15.4 Å². The zero-order chi connectivity index (χ0) is 11.5. The second-order valence-electron chi connectivity index (χ2n) is 3.87. The number of amides is 1. The molecule has 1 fully saturated rings. The standard InChI is InChI=1S/C9H12N4O3/c14-8(7-4-10-13-12-7)11-6-2-1-5(3-6)9(15)16/h4-6H,1-3H2,(H,11,14)(H,15,16)(H,10,12,13). The van der Waals surface area contributed by atoms with Crippen LogP contribution in [0, 0.1) is 5.92 Å². The van der Waals surface area contributed by atoms with Crippen molar-refractivity contribution >= 4 is 11.9 Å². The van der Waals surface area contributed by atoms with Crippen molar-refractivity contribution < 1.29 is 14.7 Å². The molecule has 0 aliphatic heterocycles. The Morgan fingerprint density at radius 2 is 2.31 bits per heavy atom. The highest BCUT2D eigenvalue weighted by molar-refractivity contribution is 5.92. The van der Waals surface area contributed by atoms with E-state index >= 15 is 0 Å². The van der Waals surface area contributed by atoms with Crippen LogP contribution in [0.2, 0.25) is 0 Å². The van der Waals surface area contributed by atoms with Gasteiger partial charge in [0.15, 0.2) is 5.69 Å². The van der Waals surface area contributed by atoms with Gasteiger partial charge >= 0.3 is 5.97 Å². The van der Waals surface area contributed by atoms with Gasteiger partial charge in [0.05, 0.1) is 12.1 Å². The largest absolute Gasteiger partial charge is 0.481 e. The topological polar surface area (TPSA) is 108 Å². The number of carbonyl (C=O) groups excluding carboxylic acids is 1. The summed E-state index contributed by atoms with van der Waals surface area (Å²) in [6.45, 7) is 0. The minimum atomic E-state index is -0.793. The van der Waals surface area contributed by atoms with E-state index in [4.69, 9.17) is 5.11 Å². The van der Waals surface area contributed by atoms with Crippen LogP contribution in [0.3, 0.4) is 0 Å². The smallest absolute Gasteiger partial charge is 0.306 e. The maximum absolute atomic E-state index is 11.6. The van der Waals surface area contributed by atoms with Gasteiger partial charge in [0.1, 0.15) is 0 Å². The zero-order valence-electron chi connectivity index (χ0n) is 8.51. The molecule has 0 radical (unpaired) electrons. The molecule has 86 valence electrons. The van der Waals surface area contributed by atoms with Crippen LogP contribution < -0.4 is 5.32 Å². The lowest BCUT2D eigenvalue weighted by Gasteiger charge is -2.10. The Labute approximate surface area is 91.2 Å². The third kappa shape index (κ3) is 2.18. The predicted octanol–water partition coefficient (Wildman–Crippen LogP) is -0.212. The molecule has 1 aliphatic rings. The van der Waals surface area contributed by atoms with E-state index in [2.05, 4.69) is 20.7 Å². The Bertz CT molecular complexity index is 389. The second-order valence-corrected chi connectivity index (χ2v) is 3.87. The first-order valence-corrected chi connectivity index (χ1v) is 5.06. The highest BCUT2D eigenvalue weighted by atomic mass is 16.4. The van der Waals surface area contributed by atoms with Crippen LogP contribution in [0.1, 0.15) is 29.8 Å². The van der Waals surface area contributed by atoms with E-state index in [0.717, 1.165) is 0 Å². The van der Waals surface area contributed by atoms with Gasteiger partial charge in [0, 0.05) is 6.04 Å². The molecule has 1 amide bonds. The number of rotatable bonds is 3. The fraction of sp³-hybridized carbons (Fsp3) is 0.556. The van der Waals surface area contributed by atoms with E-state index < -0.39 is 5.97 Å². The van der Waals surface area contributed by atoms with Crippen molar-refractivity contribution in [2.45, 2.75) is 25.3 Å². The third-order valence-electron chi connectivity index (χ3n) is 2.76. The van der Waals surface area contributed by atoms with E-state index in [1.807, 2.05) is 0 Å². The molecule has 1 heterocycles. The van der Waals surface area contributed by atoms with Crippen molar-refractivity contribution in [3.05, 3.63) is 11.9 Å². The van der Waals surface area contributed by atoms with Gasteiger partial charge in [0.2, 0.25) is 0 Å². The number of carboxylic acids is 1. The first-order valence-electron chi connectivity index (χ1n) is 5.06. The number of carbonyl (C=O) groups is 2. The zero-order valence-corrected chi connectivity index (χ0v) is 8.51. The highest BCUT2D eigenvalue weighted by Crippen LogP contribution is 2.25. The summed E-state index contributed by atoms with van der Waals surface area (Å²) in [4.78, 5) is 22.3. The molecular weight excluding hydrogens is 212 g/mol. The van der Waals surface area contributed by atoms with E-state index in [9.17, 15) is 9.59 Å². The fourth-order valence-electron chi connectivity index (χ4n) is 1.91. The van der Waals surface area contributed by atoms with Crippen LogP contribution in [-0.2, 0) is 4.79 Å². The minimum Gasteiger partial charge on any atom is -0.481 e. The SMILES string of the molecule is O=C(NC1CCC(C(=O)O)C1)c1cn[nH]n1. The van der Waals surface area contributed by atoms with Crippen molar-refractivity contribution in [2.24, 2.45) is 5.92 Å². The molecule has 16 heavy (non-hydrogen) atoms. The van der Waals surface area contributed by atoms with Crippen LogP contribution in [-0.4, -0.2) is 38.4 Å². The third-order valence-corrected chi connectivity index (χ3v) is 2.76. The van der Waals surface area contributed by atoms with Crippen LogP contribution in [0.5, 0.6) is 0 Å². The van der Waals surface area contributed by atoms with Crippen LogP contribution in [0.15, 0.2) is 6.20 Å². The summed E-state index contributed by atoms with van der Waals surface area (Å²) in [5, 5.41) is 21.1. The molecule has 0 aromatic carbocycles. The molecule has 1 aliphatic carbocycles. The number of aromatic nitrogens is 3. The fourth-order valence-corrected chi connectivity index (χ4v) is 1.91. The van der Waals surface area contributed by atoms with Gasteiger partial charge in [-0.25, -0.2) is 0 Å². The molecular formula is C9H12N4O3. The van der Waals surface area contributed by atoms with Crippen molar-refractivity contribution in [1.29, 1.82) is 0 Å². The van der Waals surface area contributed by atoms with Crippen LogP contribution >= 0.6 is 0 Å². The number of hydrogen-bond donors (Lipinski definition) is 3. The molecule has 0 bridgehead atoms. The lowest BCUT2D eigenvalue weighted by atomic mass is 10.1. The van der Waals surface area contributed by atoms with Crippen LogP contribution in [0.25, 0.3) is 0 Å². The summed E-state index contributed by atoms with van der Waals surface area (Å²) < 4.78 is 0. The summed E-state index contributed by atoms with van der Waals surface area (Å²) in [6.07, 6.45) is 3.12. The van der Waals surface area contributed by atoms with Gasteiger partial charge in [0.25, 0.3) is 5.91 Å². The van der Waals surface area contributed by atoms with Gasteiger partial charge in [-0.05, 0) is 19.3 Å². The summed E-state index contributed by atoms with van der Waals surface area (Å²) >= 11 is 0.